The van der Waals surface area contributed by atoms with Crippen LogP contribution in [0.25, 0.3) is 0 Å². The summed E-state index contributed by atoms with van der Waals surface area (Å²) in [4.78, 5) is 20.2. The van der Waals surface area contributed by atoms with Gasteiger partial charge in [-0.25, -0.2) is 4.99 Å². The number of nitrogens with one attached hydrogen (secondary N) is 2. The molecule has 1 saturated heterocycles. The molecule has 8 heteroatoms. The Morgan fingerprint density at radius 3 is 2.44 bits per heavy atom. The van der Waals surface area contributed by atoms with Crippen LogP contribution in [0, 0.1) is 0 Å². The number of aliphatic imine (C=N–C) groups is 1. The predicted molar refractivity (Wildman–Crippen MR) is 126 cm³/mol. The van der Waals surface area contributed by atoms with Gasteiger partial charge in [-0.3, -0.25) is 9.69 Å². The smallest absolute Gasteiger partial charge is 0.243 e. The van der Waals surface area contributed by atoms with Crippen molar-refractivity contribution in [2.45, 2.75) is 32.4 Å². The Balaban J connectivity index is 0.00000364. The lowest BCUT2D eigenvalue weighted by Gasteiger charge is -2.33. The maximum absolute atomic E-state index is 11.7. The number of guanidine groups is 1. The van der Waals surface area contributed by atoms with E-state index in [2.05, 4.69) is 60.7 Å². The molecule has 0 saturated carbocycles. The van der Waals surface area contributed by atoms with Crippen molar-refractivity contribution in [3.63, 3.8) is 0 Å². The van der Waals surface area contributed by atoms with Gasteiger partial charge >= 0.3 is 0 Å². The van der Waals surface area contributed by atoms with Crippen LogP contribution in [0.1, 0.15) is 25.3 Å². The number of likely N-dealkylation sites (N-methyl/N-ethyl adjacent to an activating group) is 1. The Labute approximate surface area is 188 Å². The van der Waals surface area contributed by atoms with Crippen molar-refractivity contribution in [3.05, 3.63) is 34.3 Å². The summed E-state index contributed by atoms with van der Waals surface area (Å²) in [5.74, 6) is 0.737. The molecule has 27 heavy (non-hydrogen) atoms. The zero-order valence-corrected chi connectivity index (χ0v) is 20.3. The fraction of sp³-hybridized carbons (Fsp3) is 0.579. The topological polar surface area (TPSA) is 60.0 Å². The highest BCUT2D eigenvalue weighted by atomic mass is 127. The monoisotopic (exact) mass is 551 g/mol. The molecule has 2 rings (SSSR count). The minimum atomic E-state index is 0. The van der Waals surface area contributed by atoms with Crippen molar-refractivity contribution in [2.75, 3.05) is 40.3 Å². The molecule has 1 aromatic carbocycles. The first-order valence-electron chi connectivity index (χ1n) is 9.19. The number of hydrogen-bond donors (Lipinski definition) is 2. The van der Waals surface area contributed by atoms with Crippen molar-refractivity contribution >= 4 is 51.8 Å². The second-order valence-corrected chi connectivity index (χ2v) is 7.72. The molecule has 0 radical (unpaired) electrons. The molecular formula is C19H31BrIN5O. The van der Waals surface area contributed by atoms with Crippen LogP contribution in [0.2, 0.25) is 0 Å². The third-order valence-corrected chi connectivity index (χ3v) is 4.99. The normalized spacial score (nSPS) is 15.8. The van der Waals surface area contributed by atoms with Crippen molar-refractivity contribution in [2.24, 2.45) is 4.99 Å². The van der Waals surface area contributed by atoms with Crippen LogP contribution in [0.5, 0.6) is 0 Å². The van der Waals surface area contributed by atoms with E-state index < -0.39 is 0 Å². The molecule has 0 atom stereocenters. The summed E-state index contributed by atoms with van der Waals surface area (Å²) in [6.45, 7) is 6.10. The van der Waals surface area contributed by atoms with Crippen molar-refractivity contribution in [3.8, 4) is 0 Å². The molecule has 1 aliphatic heterocycles. The lowest BCUT2D eigenvalue weighted by atomic mass is 10.0. The molecule has 1 aliphatic rings. The number of halogens is 2. The molecule has 1 heterocycles. The lowest BCUT2D eigenvalue weighted by molar-refractivity contribution is -0.127. The molecule has 6 nitrogen and oxygen atoms in total. The summed E-state index contributed by atoms with van der Waals surface area (Å²) in [6, 6.07) is 8.93. The molecule has 1 fully saturated rings. The predicted octanol–water partition coefficient (Wildman–Crippen LogP) is 2.67. The van der Waals surface area contributed by atoms with Gasteiger partial charge in [0.25, 0.3) is 0 Å². The van der Waals surface area contributed by atoms with Crippen LogP contribution in [0.3, 0.4) is 0 Å². The molecule has 152 valence electrons. The van der Waals surface area contributed by atoms with E-state index in [4.69, 9.17) is 0 Å². The minimum Gasteiger partial charge on any atom is -0.357 e. The minimum absolute atomic E-state index is 0. The van der Waals surface area contributed by atoms with Gasteiger partial charge in [-0.2, -0.15) is 0 Å². The number of amides is 1. The zero-order chi connectivity index (χ0) is 18.9. The Bertz CT molecular complexity index is 601. The zero-order valence-electron chi connectivity index (χ0n) is 16.4. The average molecular weight is 552 g/mol. The molecule has 1 amide bonds. The highest BCUT2D eigenvalue weighted by Crippen LogP contribution is 2.16. The van der Waals surface area contributed by atoms with Crippen LogP contribution >= 0.6 is 39.9 Å². The largest absolute Gasteiger partial charge is 0.357 e. The number of piperidine rings is 1. The Morgan fingerprint density at radius 2 is 1.89 bits per heavy atom. The number of carbonyl (C=O) groups is 1. The van der Waals surface area contributed by atoms with Crippen LogP contribution in [0.4, 0.5) is 0 Å². The van der Waals surface area contributed by atoms with E-state index >= 15 is 0 Å². The number of benzene rings is 1. The van der Waals surface area contributed by atoms with Crippen molar-refractivity contribution in [1.82, 2.24) is 20.4 Å². The molecule has 1 aromatic rings. The molecule has 0 spiro atoms. The Kier molecular flexibility index (Phi) is 11.2. The maximum atomic E-state index is 11.7. The highest BCUT2D eigenvalue weighted by Gasteiger charge is 2.20. The molecule has 0 aliphatic carbocycles. The van der Waals surface area contributed by atoms with Gasteiger partial charge in [-0.05, 0) is 37.5 Å². The summed E-state index contributed by atoms with van der Waals surface area (Å²) in [6.07, 6.45) is 2.14. The highest BCUT2D eigenvalue weighted by molar-refractivity contribution is 14.0. The SMILES string of the molecule is CCNC(=NCC(=O)N(C)C)NC1CCN(Cc2ccc(Br)cc2)CC1.I. The first-order valence-corrected chi connectivity index (χ1v) is 9.99. The maximum Gasteiger partial charge on any atom is 0.243 e. The van der Waals surface area contributed by atoms with E-state index in [9.17, 15) is 4.79 Å². The summed E-state index contributed by atoms with van der Waals surface area (Å²) < 4.78 is 1.12. The summed E-state index contributed by atoms with van der Waals surface area (Å²) in [5.41, 5.74) is 1.34. The second-order valence-electron chi connectivity index (χ2n) is 6.80. The molecule has 0 unspecified atom stereocenters. The molecule has 2 N–H and O–H groups in total. The van der Waals surface area contributed by atoms with Crippen LogP contribution in [-0.2, 0) is 11.3 Å². The fourth-order valence-corrected chi connectivity index (χ4v) is 3.15. The summed E-state index contributed by atoms with van der Waals surface area (Å²) in [7, 11) is 3.50. The molecule has 0 aromatic heterocycles. The summed E-state index contributed by atoms with van der Waals surface area (Å²) in [5, 5.41) is 6.71. The number of carbonyl (C=O) groups excluding carboxylic acids is 1. The Hall–Kier alpha value is -0.870. The average Bonchev–Trinajstić information content (AvgIpc) is 2.63. The standard InChI is InChI=1S/C19H30BrN5O.HI/c1-4-21-19(22-13-18(26)24(2)3)23-17-9-11-25(12-10-17)14-15-5-7-16(20)8-6-15;/h5-8,17H,4,9-14H2,1-3H3,(H2,21,22,23);1H. The van der Waals surface area contributed by atoms with E-state index in [0.717, 1.165) is 49.5 Å². The van der Waals surface area contributed by atoms with E-state index in [-0.39, 0.29) is 36.4 Å². The third-order valence-electron chi connectivity index (χ3n) is 4.46. The number of hydrogen-bond acceptors (Lipinski definition) is 3. The molecular weight excluding hydrogens is 521 g/mol. The third kappa shape index (κ3) is 8.78. The van der Waals surface area contributed by atoms with E-state index in [1.165, 1.54) is 5.56 Å². The van der Waals surface area contributed by atoms with Gasteiger partial charge < -0.3 is 15.5 Å². The van der Waals surface area contributed by atoms with Crippen LogP contribution in [0.15, 0.2) is 33.7 Å². The van der Waals surface area contributed by atoms with E-state index in [1.807, 2.05) is 6.92 Å². The first-order chi connectivity index (χ1) is 12.5. The van der Waals surface area contributed by atoms with Crippen molar-refractivity contribution in [1.29, 1.82) is 0 Å². The van der Waals surface area contributed by atoms with E-state index in [1.54, 1.807) is 19.0 Å². The number of nitrogens with zero attached hydrogens (tertiary/aromatic N) is 3. The summed E-state index contributed by atoms with van der Waals surface area (Å²) >= 11 is 3.48. The van der Waals surface area contributed by atoms with Crippen molar-refractivity contribution < 1.29 is 4.79 Å². The second kappa shape index (κ2) is 12.6. The quantitative estimate of drug-likeness (QED) is 0.324. The molecule has 0 bridgehead atoms. The first kappa shape index (κ1) is 24.2. The number of likely N-dealkylation sites (tertiary alicyclic amines) is 1. The Morgan fingerprint density at radius 1 is 1.26 bits per heavy atom. The lowest BCUT2D eigenvalue weighted by Crippen LogP contribution is -2.48. The van der Waals surface area contributed by atoms with Gasteiger partial charge in [-0.15, -0.1) is 24.0 Å². The van der Waals surface area contributed by atoms with Gasteiger partial charge in [0.15, 0.2) is 5.96 Å². The van der Waals surface area contributed by atoms with Crippen LogP contribution in [-0.4, -0.2) is 68.0 Å². The van der Waals surface area contributed by atoms with Gasteiger partial charge in [-0.1, -0.05) is 28.1 Å². The van der Waals surface area contributed by atoms with Gasteiger partial charge in [0.05, 0.1) is 0 Å². The number of rotatable bonds is 6. The van der Waals surface area contributed by atoms with Crippen LogP contribution < -0.4 is 10.6 Å². The van der Waals surface area contributed by atoms with Gasteiger partial charge in [0.2, 0.25) is 5.91 Å². The fourth-order valence-electron chi connectivity index (χ4n) is 2.88. The van der Waals surface area contributed by atoms with Gasteiger partial charge in [0.1, 0.15) is 6.54 Å². The van der Waals surface area contributed by atoms with Gasteiger partial charge in [0, 0.05) is 50.8 Å². The van der Waals surface area contributed by atoms with E-state index in [0.29, 0.717) is 6.04 Å².